The molecule has 0 saturated carbocycles. The normalized spacial score (nSPS) is 13.1. The molecule has 0 saturated heterocycles. The van der Waals surface area contributed by atoms with Gasteiger partial charge in [-0.2, -0.15) is 0 Å². The van der Waals surface area contributed by atoms with E-state index in [-0.39, 0.29) is 16.0 Å². The Kier molecular flexibility index (Phi) is 7.34. The van der Waals surface area contributed by atoms with Crippen molar-refractivity contribution in [3.8, 4) is 0 Å². The van der Waals surface area contributed by atoms with Crippen LogP contribution < -0.4 is 10.5 Å². The molecule has 1 aromatic rings. The van der Waals surface area contributed by atoms with Crippen LogP contribution in [0.15, 0.2) is 16.3 Å². The maximum absolute atomic E-state index is 12.0. The van der Waals surface area contributed by atoms with Crippen molar-refractivity contribution in [3.05, 3.63) is 17.0 Å². The van der Waals surface area contributed by atoms with Gasteiger partial charge in [-0.15, -0.1) is 11.3 Å². The van der Waals surface area contributed by atoms with Crippen molar-refractivity contribution in [2.45, 2.75) is 50.2 Å². The van der Waals surface area contributed by atoms with Gasteiger partial charge in [-0.25, -0.2) is 13.6 Å². The van der Waals surface area contributed by atoms with Crippen molar-refractivity contribution in [1.29, 1.82) is 0 Å². The average molecular weight is 332 g/mol. The van der Waals surface area contributed by atoms with Gasteiger partial charge in [0.2, 0.25) is 15.9 Å². The Morgan fingerprint density at radius 2 is 2.10 bits per heavy atom. The Labute approximate surface area is 131 Å². The zero-order valence-electron chi connectivity index (χ0n) is 12.6. The van der Waals surface area contributed by atoms with Crippen molar-refractivity contribution in [3.63, 3.8) is 0 Å². The summed E-state index contributed by atoms with van der Waals surface area (Å²) in [6.45, 7) is 4.66. The summed E-state index contributed by atoms with van der Waals surface area (Å²) in [5.74, 6) is 0.169. The highest BCUT2D eigenvalue weighted by Crippen LogP contribution is 2.20. The molecule has 0 aliphatic rings. The second-order valence-electron chi connectivity index (χ2n) is 5.05. The van der Waals surface area contributed by atoms with Gasteiger partial charge in [-0.05, 0) is 31.4 Å². The molecule has 0 bridgehead atoms. The second-order valence-corrected chi connectivity index (χ2v) is 8.01. The minimum atomic E-state index is -3.62. The number of carbonyl (C=O) groups is 1. The van der Waals surface area contributed by atoms with Crippen molar-refractivity contribution >= 4 is 27.3 Å². The fourth-order valence-electron chi connectivity index (χ4n) is 2.07. The Morgan fingerprint density at radius 1 is 1.38 bits per heavy atom. The van der Waals surface area contributed by atoms with Gasteiger partial charge in [-0.3, -0.25) is 4.79 Å². The molecule has 1 atom stereocenters. The molecule has 0 aromatic carbocycles. The topological polar surface area (TPSA) is 89.3 Å². The SMILES string of the molecule is CCCCC(CC)C(=O)NCCc1ccc(S(N)(=O)=O)s1. The monoisotopic (exact) mass is 332 g/mol. The summed E-state index contributed by atoms with van der Waals surface area (Å²) >= 11 is 1.16. The third kappa shape index (κ3) is 6.15. The predicted molar refractivity (Wildman–Crippen MR) is 85.7 cm³/mol. The standard InChI is InChI=1S/C14H24N2O3S2/c1-3-5-6-11(4-2)14(17)16-10-9-12-7-8-13(20-12)21(15,18)19/h7-8,11H,3-6,9-10H2,1-2H3,(H,16,17)(H2,15,18,19). The lowest BCUT2D eigenvalue weighted by molar-refractivity contribution is -0.125. The van der Waals surface area contributed by atoms with Crippen LogP contribution >= 0.6 is 11.3 Å². The third-order valence-electron chi connectivity index (χ3n) is 3.36. The molecule has 1 amide bonds. The summed E-state index contributed by atoms with van der Waals surface area (Å²) in [6, 6.07) is 3.25. The van der Waals surface area contributed by atoms with Gasteiger partial charge in [0.1, 0.15) is 4.21 Å². The number of carbonyl (C=O) groups excluding carboxylic acids is 1. The van der Waals surface area contributed by atoms with E-state index < -0.39 is 10.0 Å². The Hall–Kier alpha value is -0.920. The Balaban J connectivity index is 2.42. The summed E-state index contributed by atoms with van der Waals surface area (Å²) in [7, 11) is -3.62. The quantitative estimate of drug-likeness (QED) is 0.727. The first-order valence-electron chi connectivity index (χ1n) is 7.27. The summed E-state index contributed by atoms with van der Waals surface area (Å²) in [5, 5.41) is 7.99. The maximum atomic E-state index is 12.0. The summed E-state index contributed by atoms with van der Waals surface area (Å²) in [4.78, 5) is 12.9. The number of sulfonamides is 1. The number of unbranched alkanes of at least 4 members (excludes halogenated alkanes) is 1. The molecule has 0 aliphatic carbocycles. The van der Waals surface area contributed by atoms with Crippen LogP contribution in [-0.2, 0) is 21.2 Å². The molecule has 0 aliphatic heterocycles. The first-order chi connectivity index (χ1) is 9.88. The van der Waals surface area contributed by atoms with E-state index in [1.54, 1.807) is 6.07 Å². The van der Waals surface area contributed by atoms with Gasteiger partial charge >= 0.3 is 0 Å². The first-order valence-corrected chi connectivity index (χ1v) is 9.64. The van der Waals surface area contributed by atoms with E-state index in [1.807, 2.05) is 6.92 Å². The molecule has 1 rings (SSSR count). The predicted octanol–water partition coefficient (Wildman–Crippen LogP) is 2.27. The molecule has 1 aromatic heterocycles. The van der Waals surface area contributed by atoms with Gasteiger partial charge in [-0.1, -0.05) is 26.7 Å². The minimum absolute atomic E-state index is 0.0771. The fraction of sp³-hybridized carbons (Fsp3) is 0.643. The lowest BCUT2D eigenvalue weighted by Gasteiger charge is -2.14. The van der Waals surface area contributed by atoms with Gasteiger partial charge in [0.05, 0.1) is 0 Å². The number of amides is 1. The van der Waals surface area contributed by atoms with Gasteiger partial charge < -0.3 is 5.32 Å². The van der Waals surface area contributed by atoms with Gasteiger partial charge in [0, 0.05) is 17.3 Å². The fourth-order valence-corrected chi connectivity index (χ4v) is 3.85. The highest BCUT2D eigenvalue weighted by Gasteiger charge is 2.15. The number of hydrogen-bond acceptors (Lipinski definition) is 4. The summed E-state index contributed by atoms with van der Waals surface area (Å²) in [6.07, 6.45) is 4.55. The van der Waals surface area contributed by atoms with E-state index in [4.69, 9.17) is 5.14 Å². The molecule has 7 heteroatoms. The second kappa shape index (κ2) is 8.51. The van der Waals surface area contributed by atoms with E-state index in [1.165, 1.54) is 6.07 Å². The van der Waals surface area contributed by atoms with Crippen LogP contribution in [0.1, 0.15) is 44.4 Å². The largest absolute Gasteiger partial charge is 0.356 e. The van der Waals surface area contributed by atoms with Crippen molar-refractivity contribution < 1.29 is 13.2 Å². The molecule has 0 radical (unpaired) electrons. The molecule has 1 unspecified atom stereocenters. The van der Waals surface area contributed by atoms with E-state index in [0.29, 0.717) is 13.0 Å². The smallest absolute Gasteiger partial charge is 0.247 e. The number of thiophene rings is 1. The van der Waals surface area contributed by atoms with Crippen LogP contribution in [-0.4, -0.2) is 20.9 Å². The zero-order valence-corrected chi connectivity index (χ0v) is 14.2. The molecule has 5 nitrogen and oxygen atoms in total. The number of nitrogens with two attached hydrogens (primary N) is 1. The van der Waals surface area contributed by atoms with Crippen molar-refractivity contribution in [2.24, 2.45) is 11.1 Å². The Morgan fingerprint density at radius 3 is 2.62 bits per heavy atom. The van der Waals surface area contributed by atoms with E-state index in [2.05, 4.69) is 12.2 Å². The van der Waals surface area contributed by atoms with Crippen LogP contribution in [0.3, 0.4) is 0 Å². The highest BCUT2D eigenvalue weighted by molar-refractivity contribution is 7.91. The molecule has 3 N–H and O–H groups in total. The number of primary sulfonamides is 1. The maximum Gasteiger partial charge on any atom is 0.247 e. The van der Waals surface area contributed by atoms with Gasteiger partial charge in [0.25, 0.3) is 0 Å². The number of rotatable bonds is 9. The van der Waals surface area contributed by atoms with E-state index in [9.17, 15) is 13.2 Å². The summed E-state index contributed by atoms with van der Waals surface area (Å²) in [5.41, 5.74) is 0. The Bertz CT molecular complexity index is 552. The minimum Gasteiger partial charge on any atom is -0.356 e. The van der Waals surface area contributed by atoms with Crippen LogP contribution in [0.25, 0.3) is 0 Å². The third-order valence-corrected chi connectivity index (χ3v) is 5.94. The lowest BCUT2D eigenvalue weighted by atomic mass is 9.98. The lowest BCUT2D eigenvalue weighted by Crippen LogP contribution is -2.31. The average Bonchev–Trinajstić information content (AvgIpc) is 2.88. The molecule has 0 fully saturated rings. The molecular formula is C14H24N2O3S2. The highest BCUT2D eigenvalue weighted by atomic mass is 32.2. The van der Waals surface area contributed by atoms with E-state index >= 15 is 0 Å². The van der Waals surface area contributed by atoms with Crippen LogP contribution in [0.5, 0.6) is 0 Å². The number of nitrogens with one attached hydrogen (secondary N) is 1. The first kappa shape index (κ1) is 18.1. The van der Waals surface area contributed by atoms with Crippen molar-refractivity contribution in [2.75, 3.05) is 6.54 Å². The van der Waals surface area contributed by atoms with Crippen molar-refractivity contribution in [1.82, 2.24) is 5.32 Å². The zero-order chi connectivity index (χ0) is 15.9. The number of hydrogen-bond donors (Lipinski definition) is 2. The molecular weight excluding hydrogens is 308 g/mol. The molecule has 0 spiro atoms. The van der Waals surface area contributed by atoms with Crippen LogP contribution in [0.4, 0.5) is 0 Å². The van der Waals surface area contributed by atoms with E-state index in [0.717, 1.165) is 41.9 Å². The summed E-state index contributed by atoms with van der Waals surface area (Å²) < 4.78 is 22.5. The molecule has 120 valence electrons. The van der Waals surface area contributed by atoms with Crippen LogP contribution in [0, 0.1) is 5.92 Å². The molecule has 1 heterocycles. The van der Waals surface area contributed by atoms with Gasteiger partial charge in [0.15, 0.2) is 0 Å². The van der Waals surface area contributed by atoms with Crippen LogP contribution in [0.2, 0.25) is 0 Å². The molecule has 21 heavy (non-hydrogen) atoms.